The van der Waals surface area contributed by atoms with E-state index in [1.54, 1.807) is 45.2 Å². The zero-order valence-electron chi connectivity index (χ0n) is 14.3. The van der Waals surface area contributed by atoms with Gasteiger partial charge in [-0.3, -0.25) is 9.69 Å². The highest BCUT2D eigenvalue weighted by molar-refractivity contribution is 8.26. The van der Waals surface area contributed by atoms with E-state index < -0.39 is 17.9 Å². The zero-order valence-corrected chi connectivity index (χ0v) is 15.9. The van der Waals surface area contributed by atoms with Crippen LogP contribution in [0.3, 0.4) is 0 Å². The number of thiocarbonyl (C=S) groups is 1. The number of hydrogen-bond acceptors (Lipinski definition) is 7. The fourth-order valence-electron chi connectivity index (χ4n) is 2.47. The second-order valence-electron chi connectivity index (χ2n) is 5.67. The van der Waals surface area contributed by atoms with E-state index in [-0.39, 0.29) is 10.2 Å². The predicted molar refractivity (Wildman–Crippen MR) is 98.2 cm³/mol. The molecule has 1 saturated heterocycles. The van der Waals surface area contributed by atoms with Crippen LogP contribution in [-0.4, -0.2) is 41.4 Å². The molecule has 1 aromatic rings. The van der Waals surface area contributed by atoms with Crippen molar-refractivity contribution in [1.82, 2.24) is 4.90 Å². The Hall–Kier alpha value is -2.06. The van der Waals surface area contributed by atoms with Crippen molar-refractivity contribution in [3.63, 3.8) is 0 Å². The molecule has 25 heavy (non-hydrogen) atoms. The van der Waals surface area contributed by atoms with Crippen LogP contribution in [0.1, 0.15) is 19.4 Å². The number of benzene rings is 1. The number of carboxylic acid groups (broad SMARTS) is 1. The minimum atomic E-state index is -1.32. The number of nitrogens with zero attached hydrogens (tertiary/aromatic N) is 1. The van der Waals surface area contributed by atoms with Crippen LogP contribution in [0.25, 0.3) is 6.08 Å². The molecule has 0 N–H and O–H groups in total. The van der Waals surface area contributed by atoms with Crippen molar-refractivity contribution >= 4 is 46.3 Å². The Morgan fingerprint density at radius 2 is 2.00 bits per heavy atom. The van der Waals surface area contributed by atoms with Crippen LogP contribution in [-0.2, 0) is 9.59 Å². The summed E-state index contributed by atoms with van der Waals surface area (Å²) in [5.41, 5.74) is 0.665. The average molecular weight is 380 g/mol. The molecule has 1 aromatic carbocycles. The molecule has 0 radical (unpaired) electrons. The molecule has 134 valence electrons. The molecule has 0 spiro atoms. The van der Waals surface area contributed by atoms with Crippen LogP contribution >= 0.6 is 24.0 Å². The number of carbonyl (C=O) groups is 2. The Kier molecular flexibility index (Phi) is 6.07. The van der Waals surface area contributed by atoms with Crippen molar-refractivity contribution in [3.8, 4) is 11.5 Å². The lowest BCUT2D eigenvalue weighted by molar-refractivity contribution is -0.311. The quantitative estimate of drug-likeness (QED) is 0.549. The molecule has 0 saturated carbocycles. The SMILES string of the molecule is COc1ccc(/C=C2/SC(=S)N([C@@H](C(=O)[O-])C(C)C)C2=O)c(OC)c1. The molecule has 6 nitrogen and oxygen atoms in total. The van der Waals surface area contributed by atoms with Crippen LogP contribution < -0.4 is 14.6 Å². The van der Waals surface area contributed by atoms with Gasteiger partial charge in [0.2, 0.25) is 0 Å². The van der Waals surface area contributed by atoms with E-state index >= 15 is 0 Å². The Morgan fingerprint density at radius 3 is 2.52 bits per heavy atom. The Labute approximate surface area is 155 Å². The van der Waals surface area contributed by atoms with Crippen LogP contribution in [0.4, 0.5) is 0 Å². The normalized spacial score (nSPS) is 17.3. The second kappa shape index (κ2) is 7.88. The minimum absolute atomic E-state index is 0.201. The van der Waals surface area contributed by atoms with Crippen molar-refractivity contribution in [2.75, 3.05) is 14.2 Å². The highest BCUT2D eigenvalue weighted by Gasteiger charge is 2.39. The van der Waals surface area contributed by atoms with Gasteiger partial charge in [-0.15, -0.1) is 0 Å². The van der Waals surface area contributed by atoms with Gasteiger partial charge in [0.05, 0.1) is 31.1 Å². The van der Waals surface area contributed by atoms with Crippen LogP contribution in [0.2, 0.25) is 0 Å². The molecule has 2 rings (SSSR count). The minimum Gasteiger partial charge on any atom is -0.548 e. The molecule has 1 amide bonds. The van der Waals surface area contributed by atoms with E-state index in [4.69, 9.17) is 21.7 Å². The summed E-state index contributed by atoms with van der Waals surface area (Å²) in [6.07, 6.45) is 1.63. The first kappa shape index (κ1) is 19.3. The highest BCUT2D eigenvalue weighted by atomic mass is 32.2. The monoisotopic (exact) mass is 380 g/mol. The van der Waals surface area contributed by atoms with Gasteiger partial charge in [-0.2, -0.15) is 0 Å². The molecule has 1 aliphatic rings. The second-order valence-corrected chi connectivity index (χ2v) is 7.34. The smallest absolute Gasteiger partial charge is 0.266 e. The molecular weight excluding hydrogens is 362 g/mol. The molecular formula is C17H18NO5S2-. The summed E-state index contributed by atoms with van der Waals surface area (Å²) in [4.78, 5) is 25.6. The Bertz CT molecular complexity index is 745. The Balaban J connectivity index is 2.39. The molecule has 0 aliphatic carbocycles. The first-order chi connectivity index (χ1) is 11.8. The standard InChI is InChI=1S/C17H19NO5S2/c1-9(2)14(16(20)21)18-15(19)13(25-17(18)24)7-10-5-6-11(22-3)8-12(10)23-4/h5-9,14H,1-4H3,(H,20,21)/p-1/b13-7+/t14-/m1/s1. The summed E-state index contributed by atoms with van der Waals surface area (Å²) in [6, 6.07) is 4.09. The molecule has 0 bridgehead atoms. The van der Waals surface area contributed by atoms with Gasteiger partial charge in [0.25, 0.3) is 5.91 Å². The third kappa shape index (κ3) is 3.96. The van der Waals surface area contributed by atoms with Gasteiger partial charge in [0.15, 0.2) is 0 Å². The highest BCUT2D eigenvalue weighted by Crippen LogP contribution is 2.37. The van der Waals surface area contributed by atoms with Gasteiger partial charge < -0.3 is 19.4 Å². The lowest BCUT2D eigenvalue weighted by Crippen LogP contribution is -2.52. The summed E-state index contributed by atoms with van der Waals surface area (Å²) >= 11 is 6.27. The predicted octanol–water partition coefficient (Wildman–Crippen LogP) is 1.68. The number of aliphatic carboxylic acids is 1. The molecule has 8 heteroatoms. The van der Waals surface area contributed by atoms with E-state index in [2.05, 4.69) is 0 Å². The summed E-state index contributed by atoms with van der Waals surface area (Å²) in [5, 5.41) is 11.4. The third-order valence-electron chi connectivity index (χ3n) is 3.70. The summed E-state index contributed by atoms with van der Waals surface area (Å²) in [6.45, 7) is 3.41. The van der Waals surface area contributed by atoms with Gasteiger partial charge in [0, 0.05) is 11.6 Å². The maximum Gasteiger partial charge on any atom is 0.266 e. The lowest BCUT2D eigenvalue weighted by atomic mass is 10.0. The van der Waals surface area contributed by atoms with E-state index in [9.17, 15) is 14.7 Å². The first-order valence-electron chi connectivity index (χ1n) is 7.50. The van der Waals surface area contributed by atoms with Gasteiger partial charge in [-0.05, 0) is 24.1 Å². The van der Waals surface area contributed by atoms with Gasteiger partial charge >= 0.3 is 0 Å². The third-order valence-corrected chi connectivity index (χ3v) is 5.03. The van der Waals surface area contributed by atoms with Crippen molar-refractivity contribution < 1.29 is 24.2 Å². The number of hydrogen-bond donors (Lipinski definition) is 0. The van der Waals surface area contributed by atoms with E-state index in [1.165, 1.54) is 7.11 Å². The maximum atomic E-state index is 12.7. The zero-order chi connectivity index (χ0) is 18.7. The molecule has 0 unspecified atom stereocenters. The van der Waals surface area contributed by atoms with Gasteiger partial charge in [0.1, 0.15) is 15.8 Å². The molecule has 1 atom stereocenters. The van der Waals surface area contributed by atoms with E-state index in [0.717, 1.165) is 16.7 Å². The van der Waals surface area contributed by atoms with Crippen LogP contribution in [0.5, 0.6) is 11.5 Å². The van der Waals surface area contributed by atoms with E-state index in [1.807, 2.05) is 0 Å². The van der Waals surface area contributed by atoms with Gasteiger partial charge in [-0.25, -0.2) is 0 Å². The van der Waals surface area contributed by atoms with Crippen LogP contribution in [0.15, 0.2) is 23.1 Å². The molecule has 1 aliphatic heterocycles. The average Bonchev–Trinajstić information content (AvgIpc) is 2.82. The van der Waals surface area contributed by atoms with Crippen molar-refractivity contribution in [2.24, 2.45) is 5.92 Å². The van der Waals surface area contributed by atoms with Gasteiger partial charge in [-0.1, -0.05) is 37.8 Å². The van der Waals surface area contributed by atoms with Crippen molar-refractivity contribution in [2.45, 2.75) is 19.9 Å². The Morgan fingerprint density at radius 1 is 1.32 bits per heavy atom. The molecule has 1 heterocycles. The number of amides is 1. The summed E-state index contributed by atoms with van der Waals surface area (Å²) in [7, 11) is 3.06. The fourth-order valence-corrected chi connectivity index (χ4v) is 3.79. The molecule has 1 fully saturated rings. The largest absolute Gasteiger partial charge is 0.548 e. The summed E-state index contributed by atoms with van der Waals surface area (Å²) < 4.78 is 10.7. The van der Waals surface area contributed by atoms with E-state index in [0.29, 0.717) is 22.0 Å². The lowest BCUT2D eigenvalue weighted by Gasteiger charge is -2.30. The number of carbonyl (C=O) groups excluding carboxylic acids is 2. The number of carboxylic acids is 1. The topological polar surface area (TPSA) is 78.9 Å². The van der Waals surface area contributed by atoms with Crippen molar-refractivity contribution in [1.29, 1.82) is 0 Å². The van der Waals surface area contributed by atoms with Crippen LogP contribution in [0, 0.1) is 5.92 Å². The fraction of sp³-hybridized carbons (Fsp3) is 0.353. The summed E-state index contributed by atoms with van der Waals surface area (Å²) in [5.74, 6) is -0.948. The maximum absolute atomic E-state index is 12.7. The number of ether oxygens (including phenoxy) is 2. The molecule has 0 aromatic heterocycles. The first-order valence-corrected chi connectivity index (χ1v) is 8.72. The van der Waals surface area contributed by atoms with Crippen molar-refractivity contribution in [3.05, 3.63) is 28.7 Å². The number of rotatable bonds is 6. The number of thioether (sulfide) groups is 1. The number of methoxy groups -OCH3 is 2.